The normalized spacial score (nSPS) is 12.9. The molecular formula is C19H19N7O5S2. The molecule has 0 bridgehead atoms. The predicted octanol–water partition coefficient (Wildman–Crippen LogP) is 4.79. The van der Waals surface area contributed by atoms with Crippen LogP contribution >= 0.6 is 0 Å². The maximum atomic E-state index is 11.8. The molecule has 1 atom stereocenters. The first-order valence-electron chi connectivity index (χ1n) is 9.12. The Kier molecular flexibility index (Phi) is 7.13. The van der Waals surface area contributed by atoms with E-state index in [0.717, 1.165) is 11.6 Å². The Morgan fingerprint density at radius 1 is 0.879 bits per heavy atom. The van der Waals surface area contributed by atoms with Crippen LogP contribution in [0.25, 0.3) is 0 Å². The van der Waals surface area contributed by atoms with Gasteiger partial charge in [0.25, 0.3) is 21.4 Å². The summed E-state index contributed by atoms with van der Waals surface area (Å²) in [5.41, 5.74) is 13.4. The van der Waals surface area contributed by atoms with Gasteiger partial charge in [-0.3, -0.25) is 13.8 Å². The van der Waals surface area contributed by atoms with Crippen LogP contribution in [0, 0.1) is 6.92 Å². The molecule has 0 aliphatic carbocycles. The van der Waals surface area contributed by atoms with Crippen LogP contribution in [0.4, 0.5) is 39.8 Å². The van der Waals surface area contributed by atoms with Crippen molar-refractivity contribution in [1.29, 1.82) is 0 Å². The summed E-state index contributed by atoms with van der Waals surface area (Å²) in [7, 11) is -4.73. The number of benzene rings is 3. The van der Waals surface area contributed by atoms with E-state index in [0.29, 0.717) is 17.1 Å². The van der Waals surface area contributed by atoms with Crippen molar-refractivity contribution >= 4 is 61.2 Å². The Balaban J connectivity index is 2.02. The third kappa shape index (κ3) is 6.17. The highest BCUT2D eigenvalue weighted by atomic mass is 32.2. The van der Waals surface area contributed by atoms with Crippen molar-refractivity contribution in [1.82, 2.24) is 0 Å². The number of rotatable bonds is 7. The molecule has 0 aromatic heterocycles. The molecule has 1 unspecified atom stereocenters. The predicted molar refractivity (Wildman–Crippen MR) is 125 cm³/mol. The average Bonchev–Trinajstić information content (AvgIpc) is 2.74. The molecule has 14 heteroatoms. The molecule has 0 spiro atoms. The summed E-state index contributed by atoms with van der Waals surface area (Å²) in [6.45, 7) is 1.90. The third-order valence-electron chi connectivity index (χ3n) is 4.24. The second-order valence-electron chi connectivity index (χ2n) is 6.68. The van der Waals surface area contributed by atoms with Crippen molar-refractivity contribution in [3.05, 3.63) is 60.2 Å². The zero-order valence-corrected chi connectivity index (χ0v) is 18.7. The first-order chi connectivity index (χ1) is 15.5. The lowest BCUT2D eigenvalue weighted by Gasteiger charge is -2.10. The Bertz CT molecular complexity index is 1360. The van der Waals surface area contributed by atoms with Crippen LogP contribution in [0.1, 0.15) is 5.56 Å². The minimum absolute atomic E-state index is 0.103. The van der Waals surface area contributed by atoms with E-state index < -0.39 is 32.0 Å². The van der Waals surface area contributed by atoms with Crippen molar-refractivity contribution in [2.75, 3.05) is 16.2 Å². The average molecular weight is 490 g/mol. The molecule has 0 aliphatic heterocycles. The van der Waals surface area contributed by atoms with Gasteiger partial charge in [0.15, 0.2) is 0 Å². The SMILES string of the molecule is Cc1ccc(N=Nc2c(N)c(N=Nc3ccc(NS(=O)O)cc3)cc(S(=O)(=O)O)c2N)cc1. The van der Waals surface area contributed by atoms with Gasteiger partial charge in [0, 0.05) is 5.69 Å². The van der Waals surface area contributed by atoms with Crippen LogP contribution in [-0.4, -0.2) is 21.7 Å². The number of anilines is 3. The first kappa shape index (κ1) is 23.9. The molecule has 0 saturated heterocycles. The number of nitrogen functional groups attached to an aromatic ring is 2. The van der Waals surface area contributed by atoms with Crippen LogP contribution in [0.2, 0.25) is 0 Å². The summed E-state index contributed by atoms with van der Waals surface area (Å²) in [6, 6.07) is 14.0. The van der Waals surface area contributed by atoms with Gasteiger partial charge in [-0.25, -0.2) is 4.21 Å². The standard InChI is InChI=1S/C19H19N7O5S2/c1-11-2-4-12(5-3-11)23-25-19-17(20)15(10-16(18(19)21)33(29,30)31)24-22-13-6-8-14(9-7-13)26-32(27)28/h2-10,26H,20-21H2,1H3,(H,27,28)(H,29,30,31). The minimum atomic E-state index is -4.73. The number of nitrogens with zero attached hydrogens (tertiary/aromatic N) is 4. The lowest BCUT2D eigenvalue weighted by molar-refractivity contribution is 0.483. The maximum Gasteiger partial charge on any atom is 0.296 e. The van der Waals surface area contributed by atoms with Crippen molar-refractivity contribution < 1.29 is 21.7 Å². The molecule has 0 fully saturated rings. The highest BCUT2D eigenvalue weighted by molar-refractivity contribution is 7.86. The van der Waals surface area contributed by atoms with Crippen LogP contribution in [0.5, 0.6) is 0 Å². The fourth-order valence-corrected chi connectivity index (χ4v) is 3.57. The summed E-state index contributed by atoms with van der Waals surface area (Å²) in [4.78, 5) is -0.645. The van der Waals surface area contributed by atoms with Gasteiger partial charge in [-0.05, 0) is 49.4 Å². The van der Waals surface area contributed by atoms with Crippen LogP contribution in [-0.2, 0) is 21.4 Å². The van der Waals surface area contributed by atoms with Gasteiger partial charge in [0.1, 0.15) is 16.3 Å². The number of nitrogens with one attached hydrogen (secondary N) is 1. The minimum Gasteiger partial charge on any atom is -0.396 e. The van der Waals surface area contributed by atoms with Crippen molar-refractivity contribution in [2.24, 2.45) is 20.5 Å². The van der Waals surface area contributed by atoms with E-state index in [2.05, 4.69) is 25.2 Å². The number of azo groups is 2. The molecule has 3 aromatic carbocycles. The van der Waals surface area contributed by atoms with E-state index in [1.54, 1.807) is 12.1 Å². The molecule has 0 saturated carbocycles. The van der Waals surface area contributed by atoms with Crippen LogP contribution in [0.15, 0.2) is 79.9 Å². The van der Waals surface area contributed by atoms with E-state index >= 15 is 0 Å². The summed E-state index contributed by atoms with van der Waals surface area (Å²) in [5, 5.41) is 15.9. The van der Waals surface area contributed by atoms with Gasteiger partial charge < -0.3 is 11.5 Å². The third-order valence-corrected chi connectivity index (χ3v) is 5.55. The number of nitrogens with two attached hydrogens (primary N) is 2. The zero-order valence-electron chi connectivity index (χ0n) is 17.1. The quantitative estimate of drug-likeness (QED) is 0.136. The van der Waals surface area contributed by atoms with Crippen LogP contribution < -0.4 is 16.2 Å². The molecule has 0 aliphatic rings. The molecule has 12 nitrogen and oxygen atoms in total. The highest BCUT2D eigenvalue weighted by Crippen LogP contribution is 2.43. The first-order valence-corrected chi connectivity index (χ1v) is 11.7. The molecule has 0 heterocycles. The van der Waals surface area contributed by atoms with Gasteiger partial charge in [0.05, 0.1) is 22.7 Å². The highest BCUT2D eigenvalue weighted by Gasteiger charge is 2.22. The molecular weight excluding hydrogens is 470 g/mol. The fourth-order valence-electron chi connectivity index (χ4n) is 2.59. The van der Waals surface area contributed by atoms with Gasteiger partial charge in [-0.1, -0.05) is 17.7 Å². The summed E-state index contributed by atoms with van der Waals surface area (Å²) >= 11 is -2.23. The largest absolute Gasteiger partial charge is 0.396 e. The molecule has 0 radical (unpaired) electrons. The molecule has 0 amide bonds. The van der Waals surface area contributed by atoms with Gasteiger partial charge in [0.2, 0.25) is 0 Å². The summed E-state index contributed by atoms with van der Waals surface area (Å²) < 4.78 is 55.1. The second kappa shape index (κ2) is 9.83. The van der Waals surface area contributed by atoms with E-state index in [1.165, 1.54) is 24.3 Å². The Labute approximate surface area is 191 Å². The molecule has 33 heavy (non-hydrogen) atoms. The zero-order chi connectivity index (χ0) is 24.2. The number of hydrogen-bond acceptors (Lipinski definition) is 9. The van der Waals surface area contributed by atoms with Gasteiger partial charge >= 0.3 is 0 Å². The lowest BCUT2D eigenvalue weighted by Crippen LogP contribution is -2.05. The van der Waals surface area contributed by atoms with Gasteiger partial charge in [-0.2, -0.15) is 18.6 Å². The fraction of sp³-hybridized carbons (Fsp3) is 0.0526. The summed E-state index contributed by atoms with van der Waals surface area (Å²) in [5.74, 6) is 0. The number of hydrogen-bond donors (Lipinski definition) is 5. The van der Waals surface area contributed by atoms with E-state index in [4.69, 9.17) is 16.0 Å². The van der Waals surface area contributed by atoms with E-state index in [-0.39, 0.29) is 17.1 Å². The lowest BCUT2D eigenvalue weighted by atomic mass is 10.2. The monoisotopic (exact) mass is 489 g/mol. The Morgan fingerprint density at radius 2 is 1.42 bits per heavy atom. The molecule has 3 rings (SSSR count). The topological polar surface area (TPSA) is 205 Å². The summed E-state index contributed by atoms with van der Waals surface area (Å²) in [6.07, 6.45) is 0. The molecule has 172 valence electrons. The molecule has 7 N–H and O–H groups in total. The van der Waals surface area contributed by atoms with Gasteiger partial charge in [-0.15, -0.1) is 10.2 Å². The second-order valence-corrected chi connectivity index (χ2v) is 8.77. The van der Waals surface area contributed by atoms with Crippen molar-refractivity contribution in [2.45, 2.75) is 11.8 Å². The Hall–Kier alpha value is -3.72. The Morgan fingerprint density at radius 3 is 1.97 bits per heavy atom. The van der Waals surface area contributed by atoms with Crippen LogP contribution in [0.3, 0.4) is 0 Å². The maximum absolute atomic E-state index is 11.8. The molecule has 3 aromatic rings. The van der Waals surface area contributed by atoms with Crippen molar-refractivity contribution in [3.63, 3.8) is 0 Å². The smallest absolute Gasteiger partial charge is 0.296 e. The number of aryl methyl sites for hydroxylation is 1. The van der Waals surface area contributed by atoms with Crippen molar-refractivity contribution in [3.8, 4) is 0 Å². The van der Waals surface area contributed by atoms with E-state index in [9.17, 15) is 17.2 Å². The van der Waals surface area contributed by atoms with E-state index in [1.807, 2.05) is 19.1 Å².